The van der Waals surface area contributed by atoms with Crippen LogP contribution in [0.3, 0.4) is 0 Å². The highest BCUT2D eigenvalue weighted by Gasteiger charge is 2.20. The first-order chi connectivity index (χ1) is 8.49. The van der Waals surface area contributed by atoms with E-state index in [0.29, 0.717) is 18.4 Å². The van der Waals surface area contributed by atoms with Crippen LogP contribution in [0.4, 0.5) is 0 Å². The van der Waals surface area contributed by atoms with Crippen LogP contribution in [-0.4, -0.2) is 48.9 Å². The first-order valence-electron chi connectivity index (χ1n) is 6.77. The van der Waals surface area contributed by atoms with Gasteiger partial charge in [-0.3, -0.25) is 9.59 Å². The number of hydrogen-bond acceptors (Lipinski definition) is 3. The van der Waals surface area contributed by atoms with Gasteiger partial charge in [0.25, 0.3) is 0 Å². The van der Waals surface area contributed by atoms with E-state index in [2.05, 4.69) is 31.4 Å². The molecule has 0 spiro atoms. The molecular weight excluding hydrogens is 230 g/mol. The number of amides is 2. The zero-order valence-electron chi connectivity index (χ0n) is 11.7. The van der Waals surface area contributed by atoms with Gasteiger partial charge >= 0.3 is 0 Å². The second kappa shape index (κ2) is 7.36. The van der Waals surface area contributed by atoms with Gasteiger partial charge in [0.05, 0.1) is 6.54 Å². The summed E-state index contributed by atoms with van der Waals surface area (Å²) in [5, 5.41) is 5.98. The van der Waals surface area contributed by atoms with E-state index in [1.807, 2.05) is 4.90 Å². The highest BCUT2D eigenvalue weighted by molar-refractivity contribution is 5.84. The van der Waals surface area contributed by atoms with Crippen LogP contribution >= 0.6 is 0 Å². The van der Waals surface area contributed by atoms with Crippen LogP contribution in [0.2, 0.25) is 0 Å². The topological polar surface area (TPSA) is 61.4 Å². The summed E-state index contributed by atoms with van der Waals surface area (Å²) in [5.74, 6) is 0.502. The lowest BCUT2D eigenvalue weighted by Gasteiger charge is -2.31. The SMILES string of the molecule is CC(C)CCC(=O)NCC(=O)N1CCNC(C)C1. The quantitative estimate of drug-likeness (QED) is 0.745. The molecule has 0 aliphatic carbocycles. The smallest absolute Gasteiger partial charge is 0.242 e. The van der Waals surface area contributed by atoms with Crippen molar-refractivity contribution < 1.29 is 9.59 Å². The van der Waals surface area contributed by atoms with E-state index in [4.69, 9.17) is 0 Å². The van der Waals surface area contributed by atoms with Crippen molar-refractivity contribution in [3.63, 3.8) is 0 Å². The Hall–Kier alpha value is -1.10. The number of hydrogen-bond donors (Lipinski definition) is 2. The molecule has 1 fully saturated rings. The van der Waals surface area contributed by atoms with Crippen LogP contribution in [-0.2, 0) is 9.59 Å². The van der Waals surface area contributed by atoms with Crippen LogP contribution in [0, 0.1) is 5.92 Å². The molecule has 5 nitrogen and oxygen atoms in total. The second-order valence-corrected chi connectivity index (χ2v) is 5.40. The minimum atomic E-state index is -0.0276. The Morgan fingerprint density at radius 3 is 2.78 bits per heavy atom. The second-order valence-electron chi connectivity index (χ2n) is 5.40. The van der Waals surface area contributed by atoms with Gasteiger partial charge in [-0.2, -0.15) is 0 Å². The summed E-state index contributed by atoms with van der Waals surface area (Å²) < 4.78 is 0. The van der Waals surface area contributed by atoms with Crippen molar-refractivity contribution in [1.29, 1.82) is 0 Å². The molecule has 0 bridgehead atoms. The molecule has 18 heavy (non-hydrogen) atoms. The standard InChI is InChI=1S/C13H25N3O2/c1-10(2)4-5-12(17)15-8-13(18)16-7-6-14-11(3)9-16/h10-11,14H,4-9H2,1-3H3,(H,15,17). The molecule has 1 unspecified atom stereocenters. The van der Waals surface area contributed by atoms with Crippen molar-refractivity contribution in [1.82, 2.24) is 15.5 Å². The first kappa shape index (κ1) is 15.0. The number of nitrogens with one attached hydrogen (secondary N) is 2. The molecule has 0 radical (unpaired) electrons. The lowest BCUT2D eigenvalue weighted by molar-refractivity contribution is -0.133. The van der Waals surface area contributed by atoms with Gasteiger partial charge in [-0.15, -0.1) is 0 Å². The first-order valence-corrected chi connectivity index (χ1v) is 6.77. The molecule has 0 aromatic heterocycles. The van der Waals surface area contributed by atoms with E-state index in [1.165, 1.54) is 0 Å². The molecule has 0 aromatic carbocycles. The monoisotopic (exact) mass is 255 g/mol. The largest absolute Gasteiger partial charge is 0.347 e. The zero-order valence-corrected chi connectivity index (χ0v) is 11.7. The summed E-state index contributed by atoms with van der Waals surface area (Å²) in [5.41, 5.74) is 0. The number of carbonyl (C=O) groups is 2. The van der Waals surface area contributed by atoms with Gasteiger partial charge in [-0.1, -0.05) is 13.8 Å². The van der Waals surface area contributed by atoms with Gasteiger partial charge in [0, 0.05) is 32.1 Å². The third-order valence-corrected chi connectivity index (χ3v) is 3.11. The molecule has 1 aliphatic rings. The predicted octanol–water partition coefficient (Wildman–Crippen LogP) is 0.359. The molecular formula is C13H25N3O2. The van der Waals surface area contributed by atoms with E-state index in [-0.39, 0.29) is 18.4 Å². The minimum absolute atomic E-state index is 0.0150. The van der Waals surface area contributed by atoms with Crippen LogP contribution in [0.1, 0.15) is 33.6 Å². The predicted molar refractivity (Wildman–Crippen MR) is 71.1 cm³/mol. The van der Waals surface area contributed by atoms with Crippen molar-refractivity contribution in [2.45, 2.75) is 39.7 Å². The van der Waals surface area contributed by atoms with Crippen molar-refractivity contribution in [3.05, 3.63) is 0 Å². The van der Waals surface area contributed by atoms with E-state index in [1.54, 1.807) is 0 Å². The normalized spacial score (nSPS) is 20.0. The molecule has 1 atom stereocenters. The highest BCUT2D eigenvalue weighted by atomic mass is 16.2. The minimum Gasteiger partial charge on any atom is -0.347 e. The fraction of sp³-hybridized carbons (Fsp3) is 0.846. The maximum absolute atomic E-state index is 11.9. The maximum Gasteiger partial charge on any atom is 0.242 e. The highest BCUT2D eigenvalue weighted by Crippen LogP contribution is 2.03. The van der Waals surface area contributed by atoms with Crippen LogP contribution in [0.15, 0.2) is 0 Å². The third kappa shape index (κ3) is 5.49. The van der Waals surface area contributed by atoms with Gasteiger partial charge in [-0.05, 0) is 19.3 Å². The number of rotatable bonds is 5. The lowest BCUT2D eigenvalue weighted by Crippen LogP contribution is -2.53. The summed E-state index contributed by atoms with van der Waals surface area (Å²) in [6.45, 7) is 8.63. The molecule has 2 amide bonds. The Balaban J connectivity index is 2.21. The third-order valence-electron chi connectivity index (χ3n) is 3.11. The molecule has 104 valence electrons. The number of piperazine rings is 1. The number of carbonyl (C=O) groups excluding carboxylic acids is 2. The van der Waals surface area contributed by atoms with Gasteiger partial charge in [0.15, 0.2) is 0 Å². The summed E-state index contributed by atoms with van der Waals surface area (Å²) in [6, 6.07) is 0.333. The van der Waals surface area contributed by atoms with Gasteiger partial charge in [-0.25, -0.2) is 0 Å². The average Bonchev–Trinajstić information content (AvgIpc) is 2.33. The van der Waals surface area contributed by atoms with E-state index in [9.17, 15) is 9.59 Å². The molecule has 1 heterocycles. The summed E-state index contributed by atoms with van der Waals surface area (Å²) in [7, 11) is 0. The summed E-state index contributed by atoms with van der Waals surface area (Å²) >= 11 is 0. The zero-order chi connectivity index (χ0) is 13.5. The van der Waals surface area contributed by atoms with Crippen molar-refractivity contribution in [3.8, 4) is 0 Å². The van der Waals surface area contributed by atoms with Crippen LogP contribution in [0.5, 0.6) is 0 Å². The molecule has 1 aliphatic heterocycles. The molecule has 1 saturated heterocycles. The van der Waals surface area contributed by atoms with E-state index < -0.39 is 0 Å². The number of nitrogens with zero attached hydrogens (tertiary/aromatic N) is 1. The summed E-state index contributed by atoms with van der Waals surface area (Å²) in [4.78, 5) is 25.2. The van der Waals surface area contributed by atoms with Gasteiger partial charge in [0.1, 0.15) is 0 Å². The molecule has 1 rings (SSSR count). The fourth-order valence-electron chi connectivity index (χ4n) is 1.95. The molecule has 0 aromatic rings. The van der Waals surface area contributed by atoms with Crippen LogP contribution < -0.4 is 10.6 Å². The maximum atomic E-state index is 11.9. The Bertz CT molecular complexity index is 292. The van der Waals surface area contributed by atoms with E-state index >= 15 is 0 Å². The van der Waals surface area contributed by atoms with Crippen molar-refractivity contribution >= 4 is 11.8 Å². The Morgan fingerprint density at radius 2 is 2.17 bits per heavy atom. The molecule has 5 heteroatoms. The Labute approximate surface area is 109 Å². The van der Waals surface area contributed by atoms with E-state index in [0.717, 1.165) is 26.1 Å². The van der Waals surface area contributed by atoms with Crippen molar-refractivity contribution in [2.75, 3.05) is 26.2 Å². The van der Waals surface area contributed by atoms with Crippen LogP contribution in [0.25, 0.3) is 0 Å². The average molecular weight is 255 g/mol. The fourth-order valence-corrected chi connectivity index (χ4v) is 1.95. The lowest BCUT2D eigenvalue weighted by atomic mass is 10.1. The molecule has 0 saturated carbocycles. The van der Waals surface area contributed by atoms with Gasteiger partial charge in [0.2, 0.25) is 11.8 Å². The van der Waals surface area contributed by atoms with Crippen molar-refractivity contribution in [2.24, 2.45) is 5.92 Å². The Kier molecular flexibility index (Phi) is 6.12. The van der Waals surface area contributed by atoms with Gasteiger partial charge < -0.3 is 15.5 Å². The molecule has 2 N–H and O–H groups in total. The summed E-state index contributed by atoms with van der Waals surface area (Å²) in [6.07, 6.45) is 1.37. The Morgan fingerprint density at radius 1 is 1.44 bits per heavy atom.